The van der Waals surface area contributed by atoms with E-state index in [2.05, 4.69) is 79.9 Å². The number of nitrogens with zero attached hydrogens (tertiary/aromatic N) is 4. The molecule has 0 saturated heterocycles. The van der Waals surface area contributed by atoms with E-state index in [-0.39, 0.29) is 0 Å². The quantitative estimate of drug-likeness (QED) is 0.699. The highest BCUT2D eigenvalue weighted by Crippen LogP contribution is 2.17. The van der Waals surface area contributed by atoms with Crippen LogP contribution < -0.4 is 4.90 Å². The summed E-state index contributed by atoms with van der Waals surface area (Å²) in [5, 5.41) is 0. The monoisotopic (exact) mass is 376 g/mol. The lowest BCUT2D eigenvalue weighted by Crippen LogP contribution is -2.35. The first-order valence-electron chi connectivity index (χ1n) is 8.12. The summed E-state index contributed by atoms with van der Waals surface area (Å²) >= 11 is 3.49. The van der Waals surface area contributed by atoms with E-state index in [1.807, 2.05) is 6.92 Å². The third kappa shape index (κ3) is 5.59. The summed E-state index contributed by atoms with van der Waals surface area (Å²) in [6.07, 6.45) is 1.65. The molecular formula is C18H25BrN4. The van der Waals surface area contributed by atoms with Gasteiger partial charge in [0, 0.05) is 35.9 Å². The third-order valence-corrected chi connectivity index (χ3v) is 4.51. The summed E-state index contributed by atoms with van der Waals surface area (Å²) in [6, 6.07) is 10.5. The van der Waals surface area contributed by atoms with Crippen molar-refractivity contribution in [2.45, 2.75) is 27.3 Å². The number of aromatic nitrogens is 2. The van der Waals surface area contributed by atoms with Crippen LogP contribution in [0.5, 0.6) is 0 Å². The molecule has 0 unspecified atom stereocenters. The molecule has 0 aliphatic heterocycles. The minimum Gasteiger partial charge on any atom is -0.351 e. The van der Waals surface area contributed by atoms with Crippen molar-refractivity contribution in [3.63, 3.8) is 0 Å². The van der Waals surface area contributed by atoms with E-state index in [0.29, 0.717) is 0 Å². The van der Waals surface area contributed by atoms with E-state index in [9.17, 15) is 0 Å². The second-order valence-corrected chi connectivity index (χ2v) is 6.51. The van der Waals surface area contributed by atoms with Crippen LogP contribution in [0, 0.1) is 6.92 Å². The lowest BCUT2D eigenvalue weighted by Gasteiger charge is -2.27. The van der Waals surface area contributed by atoms with Crippen molar-refractivity contribution >= 4 is 21.7 Å². The molecule has 1 aromatic carbocycles. The molecule has 0 amide bonds. The fourth-order valence-corrected chi connectivity index (χ4v) is 2.76. The molecule has 1 aromatic heterocycles. The van der Waals surface area contributed by atoms with Crippen LogP contribution in [-0.4, -0.2) is 41.0 Å². The fourth-order valence-electron chi connectivity index (χ4n) is 2.50. The highest BCUT2D eigenvalue weighted by molar-refractivity contribution is 9.10. The minimum atomic E-state index is 0.852. The molecule has 2 aromatic rings. The predicted molar refractivity (Wildman–Crippen MR) is 99.7 cm³/mol. The maximum atomic E-state index is 4.47. The molecule has 1 heterocycles. The Labute approximate surface area is 147 Å². The second kappa shape index (κ2) is 8.99. The van der Waals surface area contributed by atoms with Crippen LogP contribution in [0.25, 0.3) is 0 Å². The molecule has 0 aliphatic carbocycles. The van der Waals surface area contributed by atoms with Crippen LogP contribution in [0.1, 0.15) is 25.1 Å². The Kier molecular flexibility index (Phi) is 6.99. The van der Waals surface area contributed by atoms with Crippen LogP contribution in [0.3, 0.4) is 0 Å². The molecule has 5 heteroatoms. The smallest absolute Gasteiger partial charge is 0.132 e. The number of anilines is 1. The van der Waals surface area contributed by atoms with Crippen molar-refractivity contribution in [3.8, 4) is 0 Å². The zero-order chi connectivity index (χ0) is 16.7. The van der Waals surface area contributed by atoms with E-state index >= 15 is 0 Å². The van der Waals surface area contributed by atoms with E-state index in [1.54, 1.807) is 6.33 Å². The van der Waals surface area contributed by atoms with Gasteiger partial charge in [-0.05, 0) is 37.7 Å². The largest absolute Gasteiger partial charge is 0.351 e. The molecule has 23 heavy (non-hydrogen) atoms. The molecule has 0 fully saturated rings. The van der Waals surface area contributed by atoms with Gasteiger partial charge in [-0.1, -0.05) is 41.9 Å². The molecule has 2 rings (SSSR count). The van der Waals surface area contributed by atoms with Crippen molar-refractivity contribution in [1.82, 2.24) is 14.9 Å². The molecule has 0 radical (unpaired) electrons. The maximum Gasteiger partial charge on any atom is 0.132 e. The first-order valence-corrected chi connectivity index (χ1v) is 8.92. The van der Waals surface area contributed by atoms with Crippen LogP contribution in [0.4, 0.5) is 5.82 Å². The Bertz CT molecular complexity index is 596. The maximum absolute atomic E-state index is 4.47. The molecule has 124 valence electrons. The molecule has 0 aliphatic rings. The van der Waals surface area contributed by atoms with E-state index in [1.165, 1.54) is 5.56 Å². The molecule has 0 saturated carbocycles. The molecular weight excluding hydrogens is 352 g/mol. The van der Waals surface area contributed by atoms with Gasteiger partial charge in [-0.15, -0.1) is 0 Å². The fraction of sp³-hybridized carbons (Fsp3) is 0.444. The van der Waals surface area contributed by atoms with Gasteiger partial charge < -0.3 is 9.80 Å². The van der Waals surface area contributed by atoms with Crippen molar-refractivity contribution in [2.75, 3.05) is 31.1 Å². The number of halogens is 1. The van der Waals surface area contributed by atoms with Gasteiger partial charge >= 0.3 is 0 Å². The Balaban J connectivity index is 2.15. The van der Waals surface area contributed by atoms with Crippen LogP contribution in [0.2, 0.25) is 0 Å². The lowest BCUT2D eigenvalue weighted by molar-refractivity contribution is 0.309. The molecule has 0 bridgehead atoms. The molecule has 0 atom stereocenters. The van der Waals surface area contributed by atoms with Crippen molar-refractivity contribution in [1.29, 1.82) is 0 Å². The summed E-state index contributed by atoms with van der Waals surface area (Å²) in [4.78, 5) is 13.4. The standard InChI is InChI=1S/C18H25BrN4/c1-4-22(5-2)10-11-23(18-12-15(3)20-14-21-18)13-16-6-8-17(19)9-7-16/h6-9,12,14H,4-5,10-11,13H2,1-3H3. The van der Waals surface area contributed by atoms with Gasteiger partial charge in [0.25, 0.3) is 0 Å². The molecule has 0 spiro atoms. The Hall–Kier alpha value is -1.46. The third-order valence-electron chi connectivity index (χ3n) is 3.98. The first kappa shape index (κ1) is 17.9. The van der Waals surface area contributed by atoms with Crippen molar-refractivity contribution in [2.24, 2.45) is 0 Å². The second-order valence-electron chi connectivity index (χ2n) is 5.59. The summed E-state index contributed by atoms with van der Waals surface area (Å²) < 4.78 is 1.11. The highest BCUT2D eigenvalue weighted by Gasteiger charge is 2.11. The van der Waals surface area contributed by atoms with E-state index < -0.39 is 0 Å². The Morgan fingerprint density at radius 3 is 2.30 bits per heavy atom. The lowest BCUT2D eigenvalue weighted by atomic mass is 10.2. The minimum absolute atomic E-state index is 0.852. The van der Waals surface area contributed by atoms with E-state index in [0.717, 1.165) is 48.7 Å². The zero-order valence-corrected chi connectivity index (χ0v) is 15.8. The van der Waals surface area contributed by atoms with Gasteiger partial charge in [0.1, 0.15) is 12.1 Å². The Morgan fingerprint density at radius 2 is 1.70 bits per heavy atom. The average molecular weight is 377 g/mol. The van der Waals surface area contributed by atoms with Crippen LogP contribution in [-0.2, 0) is 6.54 Å². The topological polar surface area (TPSA) is 32.3 Å². The number of benzene rings is 1. The number of rotatable bonds is 8. The number of hydrogen-bond acceptors (Lipinski definition) is 4. The SMILES string of the molecule is CCN(CC)CCN(Cc1ccc(Br)cc1)c1cc(C)ncn1. The number of likely N-dealkylation sites (N-methyl/N-ethyl adjacent to an activating group) is 1. The van der Waals surface area contributed by atoms with Gasteiger partial charge in [-0.3, -0.25) is 0 Å². The van der Waals surface area contributed by atoms with Gasteiger partial charge in [-0.2, -0.15) is 0 Å². The predicted octanol–water partition coefficient (Wildman–Crippen LogP) is 3.90. The summed E-state index contributed by atoms with van der Waals surface area (Å²) in [5.74, 6) is 0.993. The van der Waals surface area contributed by atoms with Crippen LogP contribution >= 0.6 is 15.9 Å². The first-order chi connectivity index (χ1) is 11.1. The van der Waals surface area contributed by atoms with Gasteiger partial charge in [0.05, 0.1) is 0 Å². The van der Waals surface area contributed by atoms with Crippen LogP contribution in [0.15, 0.2) is 41.1 Å². The van der Waals surface area contributed by atoms with Gasteiger partial charge in [-0.25, -0.2) is 9.97 Å². The van der Waals surface area contributed by atoms with Crippen molar-refractivity contribution < 1.29 is 0 Å². The summed E-state index contributed by atoms with van der Waals surface area (Å²) in [6.45, 7) is 11.4. The van der Waals surface area contributed by atoms with Gasteiger partial charge in [0.2, 0.25) is 0 Å². The highest BCUT2D eigenvalue weighted by atomic mass is 79.9. The molecule has 0 N–H and O–H groups in total. The normalized spacial score (nSPS) is 11.0. The molecule has 4 nitrogen and oxygen atoms in total. The zero-order valence-electron chi connectivity index (χ0n) is 14.2. The van der Waals surface area contributed by atoms with Crippen molar-refractivity contribution in [3.05, 3.63) is 52.4 Å². The Morgan fingerprint density at radius 1 is 1.00 bits per heavy atom. The average Bonchev–Trinajstić information content (AvgIpc) is 2.56. The summed E-state index contributed by atoms with van der Waals surface area (Å²) in [5.41, 5.74) is 2.28. The summed E-state index contributed by atoms with van der Waals surface area (Å²) in [7, 11) is 0. The van der Waals surface area contributed by atoms with Gasteiger partial charge in [0.15, 0.2) is 0 Å². The van der Waals surface area contributed by atoms with E-state index in [4.69, 9.17) is 0 Å². The number of hydrogen-bond donors (Lipinski definition) is 0. The number of aryl methyl sites for hydroxylation is 1.